The molecule has 1 amide bonds. The molecule has 0 aliphatic heterocycles. The van der Waals surface area contributed by atoms with Crippen LogP contribution in [0.5, 0.6) is 0 Å². The first kappa shape index (κ1) is 15.1. The molecule has 0 aromatic heterocycles. The van der Waals surface area contributed by atoms with E-state index in [2.05, 4.69) is 36.5 Å². The van der Waals surface area contributed by atoms with E-state index in [4.69, 9.17) is 0 Å². The van der Waals surface area contributed by atoms with Crippen molar-refractivity contribution >= 4 is 11.6 Å². The van der Waals surface area contributed by atoms with Gasteiger partial charge in [0.05, 0.1) is 0 Å². The number of carbonyl (C=O) groups is 1. The molecule has 1 unspecified atom stereocenters. The van der Waals surface area contributed by atoms with Gasteiger partial charge in [-0.1, -0.05) is 42.5 Å². The highest BCUT2D eigenvalue weighted by molar-refractivity contribution is 5.72. The van der Waals surface area contributed by atoms with Gasteiger partial charge in [-0.25, -0.2) is 0 Å². The van der Waals surface area contributed by atoms with Gasteiger partial charge in [-0.3, -0.25) is 4.79 Å². The highest BCUT2D eigenvalue weighted by Gasteiger charge is 2.07. The molecular weight excluding hydrogens is 260 g/mol. The SMILES string of the molecule is CC(=O)N(C)Cc1cccc(NC(C)c2ccccc2)c1. The van der Waals surface area contributed by atoms with E-state index < -0.39 is 0 Å². The minimum Gasteiger partial charge on any atom is -0.379 e. The number of anilines is 1. The van der Waals surface area contributed by atoms with Gasteiger partial charge in [0.25, 0.3) is 0 Å². The fraction of sp³-hybridized carbons (Fsp3) is 0.278. The molecule has 0 spiro atoms. The second kappa shape index (κ2) is 6.93. The molecule has 2 aromatic rings. The maximum Gasteiger partial charge on any atom is 0.219 e. The van der Waals surface area contributed by atoms with E-state index in [0.717, 1.165) is 11.3 Å². The molecule has 2 rings (SSSR count). The lowest BCUT2D eigenvalue weighted by molar-refractivity contribution is -0.128. The van der Waals surface area contributed by atoms with E-state index in [1.807, 2.05) is 37.4 Å². The Balaban J connectivity index is 2.06. The van der Waals surface area contributed by atoms with E-state index in [1.165, 1.54) is 5.56 Å². The van der Waals surface area contributed by atoms with Crippen molar-refractivity contribution in [2.75, 3.05) is 12.4 Å². The maximum absolute atomic E-state index is 11.3. The van der Waals surface area contributed by atoms with Gasteiger partial charge in [-0.15, -0.1) is 0 Å². The molecule has 0 heterocycles. The average molecular weight is 282 g/mol. The number of benzene rings is 2. The molecule has 1 N–H and O–H groups in total. The zero-order valence-electron chi connectivity index (χ0n) is 12.8. The lowest BCUT2D eigenvalue weighted by Gasteiger charge is -2.18. The third-order valence-corrected chi connectivity index (χ3v) is 3.57. The molecule has 2 aromatic carbocycles. The van der Waals surface area contributed by atoms with Crippen LogP contribution in [0, 0.1) is 0 Å². The summed E-state index contributed by atoms with van der Waals surface area (Å²) >= 11 is 0. The first-order valence-electron chi connectivity index (χ1n) is 7.18. The smallest absolute Gasteiger partial charge is 0.219 e. The summed E-state index contributed by atoms with van der Waals surface area (Å²) in [5, 5.41) is 3.50. The van der Waals surface area contributed by atoms with E-state index in [0.29, 0.717) is 6.54 Å². The summed E-state index contributed by atoms with van der Waals surface area (Å²) in [6, 6.07) is 18.8. The van der Waals surface area contributed by atoms with Crippen LogP contribution in [0.4, 0.5) is 5.69 Å². The van der Waals surface area contributed by atoms with E-state index in [9.17, 15) is 4.79 Å². The van der Waals surface area contributed by atoms with Crippen LogP contribution >= 0.6 is 0 Å². The van der Waals surface area contributed by atoms with Gasteiger partial charge in [0.2, 0.25) is 5.91 Å². The molecule has 0 aliphatic rings. The van der Waals surface area contributed by atoms with E-state index in [-0.39, 0.29) is 11.9 Å². The van der Waals surface area contributed by atoms with E-state index >= 15 is 0 Å². The highest BCUT2D eigenvalue weighted by Crippen LogP contribution is 2.20. The zero-order chi connectivity index (χ0) is 15.2. The van der Waals surface area contributed by atoms with Crippen LogP contribution in [0.2, 0.25) is 0 Å². The van der Waals surface area contributed by atoms with Gasteiger partial charge in [0.15, 0.2) is 0 Å². The summed E-state index contributed by atoms with van der Waals surface area (Å²) in [6.45, 7) is 4.36. The van der Waals surface area contributed by atoms with Crippen LogP contribution in [-0.4, -0.2) is 17.9 Å². The lowest BCUT2D eigenvalue weighted by Crippen LogP contribution is -2.23. The summed E-state index contributed by atoms with van der Waals surface area (Å²) in [5.74, 6) is 0.0750. The molecule has 1 atom stereocenters. The molecule has 0 bridgehead atoms. The molecule has 0 aliphatic carbocycles. The topological polar surface area (TPSA) is 32.3 Å². The van der Waals surface area contributed by atoms with Crippen LogP contribution < -0.4 is 5.32 Å². The minimum atomic E-state index is 0.0750. The molecule has 110 valence electrons. The number of nitrogens with one attached hydrogen (secondary N) is 1. The highest BCUT2D eigenvalue weighted by atomic mass is 16.2. The molecule has 0 radical (unpaired) electrons. The summed E-state index contributed by atoms with van der Waals surface area (Å²) in [4.78, 5) is 13.0. The maximum atomic E-state index is 11.3. The minimum absolute atomic E-state index is 0.0750. The van der Waals surface area contributed by atoms with Gasteiger partial charge in [-0.05, 0) is 30.2 Å². The van der Waals surface area contributed by atoms with Crippen LogP contribution in [0.15, 0.2) is 54.6 Å². The number of hydrogen-bond acceptors (Lipinski definition) is 2. The number of rotatable bonds is 5. The normalized spacial score (nSPS) is 11.8. The van der Waals surface area contributed by atoms with Crippen LogP contribution in [0.1, 0.15) is 31.0 Å². The fourth-order valence-electron chi connectivity index (χ4n) is 2.22. The van der Waals surface area contributed by atoms with Gasteiger partial charge in [0.1, 0.15) is 0 Å². The summed E-state index contributed by atoms with van der Waals surface area (Å²) < 4.78 is 0. The van der Waals surface area contributed by atoms with Crippen molar-refractivity contribution in [2.45, 2.75) is 26.4 Å². The fourth-order valence-corrected chi connectivity index (χ4v) is 2.22. The molecule has 0 saturated heterocycles. The Labute approximate surface area is 126 Å². The van der Waals surface area contributed by atoms with Crippen LogP contribution in [0.25, 0.3) is 0 Å². The summed E-state index contributed by atoms with van der Waals surface area (Å²) in [7, 11) is 1.81. The van der Waals surface area contributed by atoms with Gasteiger partial charge < -0.3 is 10.2 Å². The van der Waals surface area contributed by atoms with Crippen LogP contribution in [0.3, 0.4) is 0 Å². The van der Waals surface area contributed by atoms with E-state index in [1.54, 1.807) is 11.8 Å². The Morgan fingerprint density at radius 3 is 2.52 bits per heavy atom. The first-order valence-corrected chi connectivity index (χ1v) is 7.18. The van der Waals surface area contributed by atoms with Gasteiger partial charge in [0, 0.05) is 32.2 Å². The van der Waals surface area contributed by atoms with Gasteiger partial charge >= 0.3 is 0 Å². The number of amides is 1. The van der Waals surface area contributed by atoms with Crippen molar-refractivity contribution in [3.05, 3.63) is 65.7 Å². The van der Waals surface area contributed by atoms with Crippen LogP contribution in [-0.2, 0) is 11.3 Å². The lowest BCUT2D eigenvalue weighted by atomic mass is 10.1. The van der Waals surface area contributed by atoms with Crippen molar-refractivity contribution in [1.29, 1.82) is 0 Å². The second-order valence-corrected chi connectivity index (χ2v) is 5.35. The number of carbonyl (C=O) groups excluding carboxylic acids is 1. The molecule has 3 heteroatoms. The summed E-state index contributed by atoms with van der Waals surface area (Å²) in [5.41, 5.74) is 3.45. The Bertz CT molecular complexity index is 595. The standard InChI is InChI=1S/C18H22N2O/c1-14(17-9-5-4-6-10-17)19-18-11-7-8-16(12-18)13-20(3)15(2)21/h4-12,14,19H,13H2,1-3H3. The number of nitrogens with zero attached hydrogens (tertiary/aromatic N) is 1. The monoisotopic (exact) mass is 282 g/mol. The van der Waals surface area contributed by atoms with Crippen molar-refractivity contribution in [1.82, 2.24) is 4.90 Å². The predicted molar refractivity (Wildman–Crippen MR) is 87.1 cm³/mol. The average Bonchev–Trinajstić information content (AvgIpc) is 2.48. The van der Waals surface area contributed by atoms with Gasteiger partial charge in [-0.2, -0.15) is 0 Å². The van der Waals surface area contributed by atoms with Crippen molar-refractivity contribution in [3.8, 4) is 0 Å². The molecular formula is C18H22N2O. The number of hydrogen-bond donors (Lipinski definition) is 1. The third-order valence-electron chi connectivity index (χ3n) is 3.57. The molecule has 0 saturated carbocycles. The Morgan fingerprint density at radius 2 is 1.86 bits per heavy atom. The Hall–Kier alpha value is -2.29. The van der Waals surface area contributed by atoms with Crippen molar-refractivity contribution in [3.63, 3.8) is 0 Å². The third kappa shape index (κ3) is 4.35. The largest absolute Gasteiger partial charge is 0.379 e. The zero-order valence-corrected chi connectivity index (χ0v) is 12.8. The molecule has 3 nitrogen and oxygen atoms in total. The second-order valence-electron chi connectivity index (χ2n) is 5.35. The Morgan fingerprint density at radius 1 is 1.14 bits per heavy atom. The first-order chi connectivity index (χ1) is 10.1. The molecule has 0 fully saturated rings. The Kier molecular flexibility index (Phi) is 4.99. The quantitative estimate of drug-likeness (QED) is 0.903. The van der Waals surface area contributed by atoms with Crippen molar-refractivity contribution < 1.29 is 4.79 Å². The summed E-state index contributed by atoms with van der Waals surface area (Å²) in [6.07, 6.45) is 0. The van der Waals surface area contributed by atoms with Crippen molar-refractivity contribution in [2.24, 2.45) is 0 Å². The molecule has 21 heavy (non-hydrogen) atoms. The predicted octanol–water partition coefficient (Wildman–Crippen LogP) is 3.84.